The molecule has 0 bridgehead atoms. The normalized spacial score (nSPS) is 17.8. The lowest BCUT2D eigenvalue weighted by molar-refractivity contribution is 0.392. The Bertz CT molecular complexity index is 3030. The van der Waals surface area contributed by atoms with Gasteiger partial charge in [0.15, 0.2) is 23.3 Å². The predicted molar refractivity (Wildman–Crippen MR) is 248 cm³/mol. The van der Waals surface area contributed by atoms with Crippen molar-refractivity contribution in [1.29, 1.82) is 10.5 Å². The van der Waals surface area contributed by atoms with E-state index in [1.165, 1.54) is 24.3 Å². The zero-order valence-electron chi connectivity index (χ0n) is 37.1. The topological polar surface area (TPSA) is 145 Å². The minimum Gasteiger partial charge on any atom is -0.306 e. The van der Waals surface area contributed by atoms with Gasteiger partial charge in [-0.15, -0.1) is 0 Å². The number of aromatic nitrogens is 10. The van der Waals surface area contributed by atoms with Crippen LogP contribution in [-0.2, 0) is 23.9 Å². The van der Waals surface area contributed by atoms with E-state index in [0.29, 0.717) is 60.4 Å². The molecule has 8 aromatic rings. The number of hydrogen-bond acceptors (Lipinski definition) is 8. The van der Waals surface area contributed by atoms with E-state index in [1.807, 2.05) is 84.5 Å². The summed E-state index contributed by atoms with van der Waals surface area (Å²) in [5.41, 5.74) is 7.65. The first-order valence-corrected chi connectivity index (χ1v) is 21.8. The molecular formula is C52H46F2N12. The number of rotatable bonds is 8. The molecule has 328 valence electrons. The van der Waals surface area contributed by atoms with Crippen molar-refractivity contribution in [1.82, 2.24) is 48.6 Å². The van der Waals surface area contributed by atoms with E-state index in [0.717, 1.165) is 57.9 Å². The Morgan fingerprint density at radius 3 is 1.38 bits per heavy atom. The van der Waals surface area contributed by atoms with Gasteiger partial charge in [0, 0.05) is 36.9 Å². The maximum Gasteiger partial charge on any atom is 0.174 e. The van der Waals surface area contributed by atoms with E-state index in [1.54, 1.807) is 33.6 Å². The Morgan fingerprint density at radius 1 is 0.576 bits per heavy atom. The Balaban J connectivity index is 0.000000166. The molecule has 0 saturated carbocycles. The molecule has 2 atom stereocenters. The molecule has 2 aliphatic heterocycles. The Morgan fingerprint density at radius 2 is 1.02 bits per heavy atom. The second-order valence-electron chi connectivity index (χ2n) is 16.9. The van der Waals surface area contributed by atoms with Gasteiger partial charge in [0.05, 0.1) is 36.2 Å². The fraction of sp³-hybridized carbons (Fsp3) is 0.231. The van der Waals surface area contributed by atoms with E-state index in [9.17, 15) is 19.3 Å². The molecule has 4 aromatic carbocycles. The van der Waals surface area contributed by atoms with Crippen LogP contribution in [0.15, 0.2) is 110 Å². The number of imidazole rings is 2. The van der Waals surface area contributed by atoms with Gasteiger partial charge in [0.25, 0.3) is 0 Å². The Labute approximate surface area is 381 Å². The summed E-state index contributed by atoms with van der Waals surface area (Å²) < 4.78 is 35.4. The average Bonchev–Trinajstić information content (AvgIpc) is 4.15. The molecule has 0 unspecified atom stereocenters. The molecule has 6 heterocycles. The van der Waals surface area contributed by atoms with Crippen LogP contribution in [0.25, 0.3) is 35.7 Å². The molecule has 2 aliphatic rings. The molecule has 0 saturated heterocycles. The fourth-order valence-corrected chi connectivity index (χ4v) is 9.00. The monoisotopic (exact) mass is 876 g/mol. The summed E-state index contributed by atoms with van der Waals surface area (Å²) in [5, 5.41) is 29.5. The number of halogens is 2. The van der Waals surface area contributed by atoms with Crippen molar-refractivity contribution in [3.63, 3.8) is 0 Å². The molecule has 0 amide bonds. The van der Waals surface area contributed by atoms with Gasteiger partial charge in [-0.3, -0.25) is 0 Å². The van der Waals surface area contributed by atoms with E-state index < -0.39 is 10.8 Å². The number of aryl methyl sites for hydroxylation is 6. The van der Waals surface area contributed by atoms with Gasteiger partial charge < -0.3 is 9.13 Å². The van der Waals surface area contributed by atoms with Crippen LogP contribution in [0.2, 0.25) is 0 Å². The fourth-order valence-electron chi connectivity index (χ4n) is 9.00. The van der Waals surface area contributed by atoms with Crippen molar-refractivity contribution >= 4 is 24.3 Å². The third kappa shape index (κ3) is 8.37. The molecule has 0 fully saturated rings. The standard InChI is InChI=1S/2C26H23FN6/c2*1-18-13-20(7-9-23(18)32-15-19(2)29-17-32)8-10-24-30-25-26(16-28,11-4-12-33(25)31-24)21-5-3-6-22(27)14-21/h2*3,5-10,13-15,17H,4,11-12H2,1-2H3/b2*10-8+/t2*26-/m10/s1. The van der Waals surface area contributed by atoms with E-state index in [2.05, 4.69) is 70.4 Å². The SMILES string of the molecule is Cc1cn(-c2ccc(/C=C/c3nc4n(n3)CCC[C@@]4(C#N)c3cccc(F)c3)cc2C)cn1.Cc1cn(-c2ccc(/C=C/c3nc4n(n3)CCC[C@]4(C#N)c3cccc(F)c3)cc2C)cn1. The van der Waals surface area contributed by atoms with Crippen molar-refractivity contribution in [2.45, 2.75) is 77.3 Å². The molecule has 4 aromatic heterocycles. The van der Waals surface area contributed by atoms with Crippen LogP contribution in [0, 0.1) is 62.0 Å². The quantitative estimate of drug-likeness (QED) is 0.147. The number of benzene rings is 4. The third-order valence-corrected chi connectivity index (χ3v) is 12.3. The highest BCUT2D eigenvalue weighted by atomic mass is 19.1. The molecule has 0 N–H and O–H groups in total. The van der Waals surface area contributed by atoms with Gasteiger partial charge in [-0.1, -0.05) is 48.6 Å². The smallest absolute Gasteiger partial charge is 0.174 e. The van der Waals surface area contributed by atoms with Crippen molar-refractivity contribution in [2.75, 3.05) is 0 Å². The summed E-state index contributed by atoms with van der Waals surface area (Å²) in [5.74, 6) is 1.50. The zero-order chi connectivity index (χ0) is 46.0. The Hall–Kier alpha value is -8.10. The van der Waals surface area contributed by atoms with Gasteiger partial charge in [-0.25, -0.2) is 38.1 Å². The first kappa shape index (κ1) is 43.2. The second kappa shape index (κ2) is 17.8. The highest BCUT2D eigenvalue weighted by Crippen LogP contribution is 2.40. The first-order valence-electron chi connectivity index (χ1n) is 21.8. The minimum atomic E-state index is -0.999. The summed E-state index contributed by atoms with van der Waals surface area (Å²) in [6.45, 7) is 9.44. The second-order valence-corrected chi connectivity index (χ2v) is 16.9. The van der Waals surface area contributed by atoms with E-state index in [4.69, 9.17) is 9.97 Å². The van der Waals surface area contributed by atoms with Crippen molar-refractivity contribution in [3.05, 3.63) is 190 Å². The maximum atomic E-state index is 13.9. The highest BCUT2D eigenvalue weighted by Gasteiger charge is 2.43. The summed E-state index contributed by atoms with van der Waals surface area (Å²) in [4.78, 5) is 18.0. The summed E-state index contributed by atoms with van der Waals surface area (Å²) in [7, 11) is 0. The van der Waals surface area contributed by atoms with Gasteiger partial charge in [-0.2, -0.15) is 20.7 Å². The minimum absolute atomic E-state index is 0.358. The third-order valence-electron chi connectivity index (χ3n) is 12.3. The van der Waals surface area contributed by atoms with Crippen LogP contribution in [0.1, 0.15) is 93.7 Å². The van der Waals surface area contributed by atoms with Crippen LogP contribution < -0.4 is 0 Å². The predicted octanol–water partition coefficient (Wildman–Crippen LogP) is 9.99. The molecule has 0 aliphatic carbocycles. The molecule has 14 heteroatoms. The van der Waals surface area contributed by atoms with Crippen LogP contribution in [0.5, 0.6) is 0 Å². The van der Waals surface area contributed by atoms with Gasteiger partial charge in [0.1, 0.15) is 22.5 Å². The first-order chi connectivity index (χ1) is 32.0. The summed E-state index contributed by atoms with van der Waals surface area (Å²) in [6, 6.07) is 29.7. The maximum absolute atomic E-state index is 13.9. The number of hydrogen-bond donors (Lipinski definition) is 0. The summed E-state index contributed by atoms with van der Waals surface area (Å²) >= 11 is 0. The molecular weight excluding hydrogens is 831 g/mol. The lowest BCUT2D eigenvalue weighted by atomic mass is 9.75. The van der Waals surface area contributed by atoms with Crippen molar-refractivity contribution < 1.29 is 8.78 Å². The lowest BCUT2D eigenvalue weighted by Gasteiger charge is -2.30. The lowest BCUT2D eigenvalue weighted by Crippen LogP contribution is -2.34. The molecule has 66 heavy (non-hydrogen) atoms. The molecule has 0 spiro atoms. The molecule has 12 nitrogen and oxygen atoms in total. The van der Waals surface area contributed by atoms with Crippen molar-refractivity contribution in [3.8, 4) is 23.5 Å². The molecule has 10 rings (SSSR count). The zero-order valence-corrected chi connectivity index (χ0v) is 37.1. The van der Waals surface area contributed by atoms with Gasteiger partial charge >= 0.3 is 0 Å². The van der Waals surface area contributed by atoms with Gasteiger partial charge in [0.2, 0.25) is 0 Å². The van der Waals surface area contributed by atoms with E-state index >= 15 is 0 Å². The van der Waals surface area contributed by atoms with Crippen LogP contribution in [0.4, 0.5) is 8.78 Å². The Kier molecular flexibility index (Phi) is 11.7. The van der Waals surface area contributed by atoms with Gasteiger partial charge in [-0.05, 0) is 147 Å². The summed E-state index contributed by atoms with van der Waals surface area (Å²) in [6.07, 6.45) is 18.0. The van der Waals surface area contributed by atoms with Crippen LogP contribution in [0.3, 0.4) is 0 Å². The van der Waals surface area contributed by atoms with E-state index in [-0.39, 0.29) is 11.6 Å². The highest BCUT2D eigenvalue weighted by molar-refractivity contribution is 5.69. The van der Waals surface area contributed by atoms with Crippen molar-refractivity contribution in [2.24, 2.45) is 0 Å². The number of nitrogens with zero attached hydrogens (tertiary/aromatic N) is 12. The van der Waals surface area contributed by atoms with Crippen LogP contribution >= 0.6 is 0 Å². The number of fused-ring (bicyclic) bond motifs is 2. The largest absolute Gasteiger partial charge is 0.306 e. The number of nitriles is 2. The van der Waals surface area contributed by atoms with Crippen LogP contribution in [-0.4, -0.2) is 48.6 Å². The average molecular weight is 877 g/mol. The molecule has 0 radical (unpaired) electrons.